The van der Waals surface area contributed by atoms with Crippen LogP contribution in [0.2, 0.25) is 0 Å². The number of nitrogen functional groups attached to an aromatic ring is 1. The highest BCUT2D eigenvalue weighted by atomic mass is 79.9. The van der Waals surface area contributed by atoms with Crippen molar-refractivity contribution in [2.24, 2.45) is 0 Å². The molecule has 2 rings (SSSR count). The van der Waals surface area contributed by atoms with Crippen molar-refractivity contribution in [1.82, 2.24) is 0 Å². The topological polar surface area (TPSA) is 63.3 Å². The molecular weight excluding hydrogens is 282 g/mol. The second-order valence-electron chi connectivity index (χ2n) is 3.61. The molecule has 2 aromatic rings. The van der Waals surface area contributed by atoms with E-state index in [-0.39, 0.29) is 11.3 Å². The lowest BCUT2D eigenvalue weighted by molar-refractivity contribution is 0.0698. The summed E-state index contributed by atoms with van der Waals surface area (Å²) in [5.74, 6) is -1.01. The average molecular weight is 292 g/mol. The Morgan fingerprint density at radius 2 is 1.65 bits per heavy atom. The van der Waals surface area contributed by atoms with Crippen LogP contribution in [0.1, 0.15) is 10.4 Å². The van der Waals surface area contributed by atoms with Crippen molar-refractivity contribution in [2.45, 2.75) is 0 Å². The second-order valence-corrected chi connectivity index (χ2v) is 4.53. The zero-order valence-electron chi connectivity index (χ0n) is 8.85. The van der Waals surface area contributed by atoms with Gasteiger partial charge in [-0.05, 0) is 35.4 Å². The molecule has 0 heterocycles. The van der Waals surface area contributed by atoms with Crippen LogP contribution in [0.5, 0.6) is 0 Å². The van der Waals surface area contributed by atoms with E-state index in [1.165, 1.54) is 6.07 Å². The molecule has 4 heteroatoms. The number of halogens is 1. The van der Waals surface area contributed by atoms with Crippen LogP contribution < -0.4 is 5.73 Å². The third-order valence-electron chi connectivity index (χ3n) is 2.46. The number of nitrogens with two attached hydrogens (primary N) is 1. The smallest absolute Gasteiger partial charge is 0.337 e. The van der Waals surface area contributed by atoms with Gasteiger partial charge in [0.1, 0.15) is 0 Å². The molecule has 0 atom stereocenters. The Hall–Kier alpha value is -1.81. The Morgan fingerprint density at radius 1 is 1.06 bits per heavy atom. The molecule has 0 fully saturated rings. The Morgan fingerprint density at radius 3 is 2.18 bits per heavy atom. The summed E-state index contributed by atoms with van der Waals surface area (Å²) in [6.07, 6.45) is 0. The van der Waals surface area contributed by atoms with E-state index >= 15 is 0 Å². The van der Waals surface area contributed by atoms with Gasteiger partial charge in [0, 0.05) is 10.2 Å². The van der Waals surface area contributed by atoms with Crippen molar-refractivity contribution < 1.29 is 9.90 Å². The summed E-state index contributed by atoms with van der Waals surface area (Å²) in [6, 6.07) is 12.7. The van der Waals surface area contributed by atoms with Gasteiger partial charge in [0.15, 0.2) is 0 Å². The van der Waals surface area contributed by atoms with Gasteiger partial charge in [0.25, 0.3) is 0 Å². The van der Waals surface area contributed by atoms with E-state index in [1.807, 2.05) is 24.3 Å². The minimum Gasteiger partial charge on any atom is -0.478 e. The predicted octanol–water partition coefficient (Wildman–Crippen LogP) is 3.40. The number of hydrogen-bond donors (Lipinski definition) is 2. The van der Waals surface area contributed by atoms with E-state index < -0.39 is 5.97 Å². The number of carbonyl (C=O) groups is 1. The quantitative estimate of drug-likeness (QED) is 0.834. The molecule has 0 bridgehead atoms. The normalized spacial score (nSPS) is 10.2. The van der Waals surface area contributed by atoms with E-state index in [0.717, 1.165) is 15.6 Å². The second kappa shape index (κ2) is 4.59. The van der Waals surface area contributed by atoms with Gasteiger partial charge in [-0.15, -0.1) is 0 Å². The standard InChI is InChI=1S/C13H10BrNO2/c14-10-4-1-8(2-5-10)9-3-6-11(13(16)17)12(15)7-9/h1-7H,15H2,(H,16,17). The summed E-state index contributed by atoms with van der Waals surface area (Å²) in [5, 5.41) is 8.88. The predicted molar refractivity (Wildman–Crippen MR) is 70.9 cm³/mol. The van der Waals surface area contributed by atoms with Crippen LogP contribution in [0.3, 0.4) is 0 Å². The molecular formula is C13H10BrNO2. The first-order valence-corrected chi connectivity index (χ1v) is 5.76. The number of aromatic carboxylic acids is 1. The van der Waals surface area contributed by atoms with Crippen LogP contribution in [0, 0.1) is 0 Å². The Labute approximate surface area is 107 Å². The molecule has 0 saturated carbocycles. The molecule has 0 spiro atoms. The molecule has 0 unspecified atom stereocenters. The van der Waals surface area contributed by atoms with Gasteiger partial charge < -0.3 is 10.8 Å². The molecule has 0 amide bonds. The zero-order chi connectivity index (χ0) is 12.4. The number of anilines is 1. The van der Waals surface area contributed by atoms with Gasteiger partial charge in [-0.1, -0.05) is 34.1 Å². The van der Waals surface area contributed by atoms with Crippen LogP contribution in [0.25, 0.3) is 11.1 Å². The first-order chi connectivity index (χ1) is 8.08. The van der Waals surface area contributed by atoms with Gasteiger partial charge in [0.05, 0.1) is 5.56 Å². The number of benzene rings is 2. The summed E-state index contributed by atoms with van der Waals surface area (Å²) < 4.78 is 0.997. The molecule has 3 nitrogen and oxygen atoms in total. The molecule has 0 radical (unpaired) electrons. The highest BCUT2D eigenvalue weighted by molar-refractivity contribution is 9.10. The third kappa shape index (κ3) is 2.47. The molecule has 17 heavy (non-hydrogen) atoms. The maximum atomic E-state index is 10.8. The summed E-state index contributed by atoms with van der Waals surface area (Å²) in [5.41, 5.74) is 8.01. The Kier molecular flexibility index (Phi) is 3.15. The largest absolute Gasteiger partial charge is 0.478 e. The monoisotopic (exact) mass is 291 g/mol. The summed E-state index contributed by atoms with van der Waals surface area (Å²) in [4.78, 5) is 10.8. The van der Waals surface area contributed by atoms with E-state index in [9.17, 15) is 4.79 Å². The van der Waals surface area contributed by atoms with Gasteiger partial charge in [0.2, 0.25) is 0 Å². The molecule has 0 aliphatic carbocycles. The lowest BCUT2D eigenvalue weighted by atomic mass is 10.0. The van der Waals surface area contributed by atoms with Crippen molar-refractivity contribution in [3.8, 4) is 11.1 Å². The van der Waals surface area contributed by atoms with Crippen LogP contribution >= 0.6 is 15.9 Å². The minimum atomic E-state index is -1.01. The van der Waals surface area contributed by atoms with Crippen molar-refractivity contribution in [3.63, 3.8) is 0 Å². The lowest BCUT2D eigenvalue weighted by Crippen LogP contribution is -2.01. The zero-order valence-corrected chi connectivity index (χ0v) is 10.4. The van der Waals surface area contributed by atoms with Crippen LogP contribution in [0.4, 0.5) is 5.69 Å². The fraction of sp³-hybridized carbons (Fsp3) is 0. The fourth-order valence-electron chi connectivity index (χ4n) is 1.58. The van der Waals surface area contributed by atoms with E-state index in [1.54, 1.807) is 12.1 Å². The number of hydrogen-bond acceptors (Lipinski definition) is 2. The summed E-state index contributed by atoms with van der Waals surface area (Å²) >= 11 is 3.36. The number of rotatable bonds is 2. The van der Waals surface area contributed by atoms with E-state index in [2.05, 4.69) is 15.9 Å². The number of carboxylic acids is 1. The van der Waals surface area contributed by atoms with Crippen molar-refractivity contribution in [3.05, 3.63) is 52.5 Å². The van der Waals surface area contributed by atoms with Crippen LogP contribution in [0.15, 0.2) is 46.9 Å². The van der Waals surface area contributed by atoms with Gasteiger partial charge in [-0.2, -0.15) is 0 Å². The molecule has 0 saturated heterocycles. The molecule has 0 aliphatic rings. The van der Waals surface area contributed by atoms with Crippen molar-refractivity contribution >= 4 is 27.6 Å². The lowest BCUT2D eigenvalue weighted by Gasteiger charge is -2.05. The van der Waals surface area contributed by atoms with Gasteiger partial charge in [-0.3, -0.25) is 0 Å². The van der Waals surface area contributed by atoms with Gasteiger partial charge in [-0.25, -0.2) is 4.79 Å². The van der Waals surface area contributed by atoms with Crippen LogP contribution in [-0.4, -0.2) is 11.1 Å². The molecule has 0 aliphatic heterocycles. The average Bonchev–Trinajstić information content (AvgIpc) is 2.29. The Bertz CT molecular complexity index is 564. The first-order valence-electron chi connectivity index (χ1n) is 4.96. The third-order valence-corrected chi connectivity index (χ3v) is 2.99. The molecule has 3 N–H and O–H groups in total. The highest BCUT2D eigenvalue weighted by Gasteiger charge is 2.08. The maximum absolute atomic E-state index is 10.8. The van der Waals surface area contributed by atoms with Crippen LogP contribution in [-0.2, 0) is 0 Å². The Balaban J connectivity index is 2.44. The van der Waals surface area contributed by atoms with Crippen molar-refractivity contribution in [2.75, 3.05) is 5.73 Å². The summed E-state index contributed by atoms with van der Waals surface area (Å²) in [7, 11) is 0. The molecule has 0 aromatic heterocycles. The SMILES string of the molecule is Nc1cc(-c2ccc(Br)cc2)ccc1C(=O)O. The fourth-order valence-corrected chi connectivity index (χ4v) is 1.84. The van der Waals surface area contributed by atoms with E-state index in [4.69, 9.17) is 10.8 Å². The highest BCUT2D eigenvalue weighted by Crippen LogP contribution is 2.25. The first kappa shape index (κ1) is 11.7. The molecule has 2 aromatic carbocycles. The van der Waals surface area contributed by atoms with Gasteiger partial charge >= 0.3 is 5.97 Å². The maximum Gasteiger partial charge on any atom is 0.337 e. The van der Waals surface area contributed by atoms with Crippen molar-refractivity contribution in [1.29, 1.82) is 0 Å². The number of carboxylic acid groups (broad SMARTS) is 1. The minimum absolute atomic E-state index is 0.130. The van der Waals surface area contributed by atoms with E-state index in [0.29, 0.717) is 0 Å². The summed E-state index contributed by atoms with van der Waals surface area (Å²) in [6.45, 7) is 0. The molecule has 86 valence electrons.